The van der Waals surface area contributed by atoms with E-state index in [1.165, 1.54) is 12.0 Å². The first-order chi connectivity index (χ1) is 9.85. The minimum atomic E-state index is -1.28. The molecule has 2 heterocycles. The first-order valence-corrected chi connectivity index (χ1v) is 6.89. The Morgan fingerprint density at radius 2 is 2.10 bits per heavy atom. The summed E-state index contributed by atoms with van der Waals surface area (Å²) in [6, 6.07) is 0. The molecule has 1 N–H and O–H groups in total. The molecule has 0 spiro atoms. The lowest BCUT2D eigenvalue weighted by Gasteiger charge is -2.34. The number of aryl methyl sites for hydroxylation is 2. The number of methoxy groups -OCH3 is 1. The lowest BCUT2D eigenvalue weighted by molar-refractivity contribution is -0.151. The number of ether oxygens (including phenoxy) is 1. The van der Waals surface area contributed by atoms with Gasteiger partial charge < -0.3 is 14.7 Å². The molecule has 0 aromatic carbocycles. The molecule has 0 aliphatic carbocycles. The number of carboxylic acid groups (broad SMARTS) is 1. The summed E-state index contributed by atoms with van der Waals surface area (Å²) in [5, 5.41) is 13.8. The summed E-state index contributed by atoms with van der Waals surface area (Å²) in [5.41, 5.74) is 0.562. The second-order valence-electron chi connectivity index (χ2n) is 5.50. The second-order valence-corrected chi connectivity index (χ2v) is 5.50. The molecule has 0 saturated carbocycles. The highest BCUT2D eigenvalue weighted by atomic mass is 16.5. The number of aliphatic carboxylic acids is 1. The number of hydrogen-bond donors (Lipinski definition) is 1. The first-order valence-electron chi connectivity index (χ1n) is 6.89. The topological polar surface area (TPSA) is 84.7 Å². The van der Waals surface area contributed by atoms with E-state index < -0.39 is 11.5 Å². The van der Waals surface area contributed by atoms with Crippen molar-refractivity contribution in [3.05, 3.63) is 17.0 Å². The molecule has 1 aliphatic heterocycles. The number of aromatic nitrogens is 2. The van der Waals surface area contributed by atoms with Gasteiger partial charge in [0.1, 0.15) is 0 Å². The van der Waals surface area contributed by atoms with Crippen molar-refractivity contribution in [3.8, 4) is 0 Å². The fourth-order valence-electron chi connectivity index (χ4n) is 3.07. The van der Waals surface area contributed by atoms with Gasteiger partial charge in [-0.1, -0.05) is 0 Å². The van der Waals surface area contributed by atoms with Crippen molar-refractivity contribution < 1.29 is 19.4 Å². The molecule has 1 amide bonds. The summed E-state index contributed by atoms with van der Waals surface area (Å²) in [7, 11) is 3.22. The van der Waals surface area contributed by atoms with Gasteiger partial charge in [-0.2, -0.15) is 5.10 Å². The third kappa shape index (κ3) is 2.31. The van der Waals surface area contributed by atoms with E-state index in [0.29, 0.717) is 30.6 Å². The smallest absolute Gasteiger partial charge is 0.332 e. The summed E-state index contributed by atoms with van der Waals surface area (Å²) >= 11 is 0. The Balaban J connectivity index is 2.44. The zero-order chi connectivity index (χ0) is 15.8. The molecule has 21 heavy (non-hydrogen) atoms. The van der Waals surface area contributed by atoms with E-state index >= 15 is 0 Å². The van der Waals surface area contributed by atoms with Crippen LogP contribution < -0.4 is 0 Å². The highest BCUT2D eigenvalue weighted by Crippen LogP contribution is 2.32. The van der Waals surface area contributed by atoms with Gasteiger partial charge in [-0.15, -0.1) is 0 Å². The lowest BCUT2D eigenvalue weighted by Crippen LogP contribution is -2.56. The van der Waals surface area contributed by atoms with Gasteiger partial charge in [0.2, 0.25) is 0 Å². The van der Waals surface area contributed by atoms with Gasteiger partial charge >= 0.3 is 5.97 Å². The molecule has 1 unspecified atom stereocenters. The third-order valence-corrected chi connectivity index (χ3v) is 4.24. The Hall–Kier alpha value is -1.89. The van der Waals surface area contributed by atoms with Crippen LogP contribution in [0.4, 0.5) is 0 Å². The number of carbonyl (C=O) groups is 2. The van der Waals surface area contributed by atoms with Crippen molar-refractivity contribution in [1.29, 1.82) is 0 Å². The van der Waals surface area contributed by atoms with Gasteiger partial charge in [0, 0.05) is 26.4 Å². The van der Waals surface area contributed by atoms with Crippen molar-refractivity contribution in [2.45, 2.75) is 32.2 Å². The van der Waals surface area contributed by atoms with Crippen molar-refractivity contribution in [2.24, 2.45) is 7.05 Å². The van der Waals surface area contributed by atoms with E-state index in [2.05, 4.69) is 5.10 Å². The van der Waals surface area contributed by atoms with E-state index in [-0.39, 0.29) is 12.5 Å². The van der Waals surface area contributed by atoms with Crippen LogP contribution in [0.3, 0.4) is 0 Å². The summed E-state index contributed by atoms with van der Waals surface area (Å²) < 4.78 is 6.71. The maximum absolute atomic E-state index is 12.9. The van der Waals surface area contributed by atoms with Crippen LogP contribution in [0.15, 0.2) is 0 Å². The van der Waals surface area contributed by atoms with E-state index in [4.69, 9.17) is 4.74 Å². The molecular formula is C14H21N3O4. The van der Waals surface area contributed by atoms with Gasteiger partial charge in [0.25, 0.3) is 5.91 Å². The zero-order valence-electron chi connectivity index (χ0n) is 12.8. The number of likely N-dealkylation sites (tertiary alicyclic amines) is 1. The van der Waals surface area contributed by atoms with Crippen molar-refractivity contribution in [3.63, 3.8) is 0 Å². The molecule has 7 nitrogen and oxygen atoms in total. The highest BCUT2D eigenvalue weighted by Gasteiger charge is 2.51. The lowest BCUT2D eigenvalue weighted by atomic mass is 9.96. The van der Waals surface area contributed by atoms with Crippen LogP contribution in [0.1, 0.15) is 34.6 Å². The Kier molecular flexibility index (Phi) is 4.04. The molecule has 1 aromatic rings. The second kappa shape index (κ2) is 5.48. The predicted octanol–water partition coefficient (Wildman–Crippen LogP) is 0.743. The molecule has 1 fully saturated rings. The van der Waals surface area contributed by atoms with Gasteiger partial charge in [-0.25, -0.2) is 4.79 Å². The van der Waals surface area contributed by atoms with Crippen LogP contribution in [0, 0.1) is 13.8 Å². The SMILES string of the molecule is COCC1(C(=O)O)CCCN1C(=O)c1c(C)nn(C)c1C. The molecule has 2 rings (SSSR count). The average Bonchev–Trinajstić information content (AvgIpc) is 2.93. The first kappa shape index (κ1) is 15.5. The number of carbonyl (C=O) groups excluding carboxylic acids is 1. The fourth-order valence-corrected chi connectivity index (χ4v) is 3.07. The van der Waals surface area contributed by atoms with Crippen LogP contribution in [0.2, 0.25) is 0 Å². The van der Waals surface area contributed by atoms with Gasteiger partial charge in [0.05, 0.1) is 17.9 Å². The monoisotopic (exact) mass is 295 g/mol. The maximum Gasteiger partial charge on any atom is 0.332 e. The molecule has 116 valence electrons. The Bertz CT molecular complexity index is 581. The third-order valence-electron chi connectivity index (χ3n) is 4.24. The van der Waals surface area contributed by atoms with Crippen molar-refractivity contribution >= 4 is 11.9 Å². The average molecular weight is 295 g/mol. The Morgan fingerprint density at radius 1 is 1.43 bits per heavy atom. The zero-order valence-corrected chi connectivity index (χ0v) is 12.8. The molecule has 0 bridgehead atoms. The normalized spacial score (nSPS) is 21.8. The van der Waals surface area contributed by atoms with Crippen molar-refractivity contribution in [1.82, 2.24) is 14.7 Å². The van der Waals surface area contributed by atoms with Crippen LogP contribution in [-0.2, 0) is 16.6 Å². The number of amides is 1. The standard InChI is InChI=1S/C14H21N3O4/c1-9-11(10(2)16(3)15-9)12(18)17-7-5-6-14(17,8-21-4)13(19)20/h5-8H2,1-4H3,(H,19,20). The number of nitrogens with zero attached hydrogens (tertiary/aromatic N) is 3. The molecule has 1 aromatic heterocycles. The van der Waals surface area contributed by atoms with E-state index in [1.807, 2.05) is 6.92 Å². The number of hydrogen-bond acceptors (Lipinski definition) is 4. The molecule has 1 atom stereocenters. The van der Waals surface area contributed by atoms with E-state index in [0.717, 1.165) is 5.69 Å². The van der Waals surface area contributed by atoms with Crippen LogP contribution in [-0.4, -0.2) is 57.5 Å². The molecule has 0 radical (unpaired) electrons. The molecule has 1 aliphatic rings. The summed E-state index contributed by atoms with van der Waals surface area (Å²) in [6.07, 6.45) is 1.06. The molecule has 1 saturated heterocycles. The Morgan fingerprint density at radius 3 is 2.57 bits per heavy atom. The molecule has 7 heteroatoms. The largest absolute Gasteiger partial charge is 0.479 e. The van der Waals surface area contributed by atoms with Gasteiger partial charge in [-0.3, -0.25) is 9.48 Å². The minimum Gasteiger partial charge on any atom is -0.479 e. The summed E-state index contributed by atoms with van der Waals surface area (Å²) in [5.74, 6) is -1.30. The quantitative estimate of drug-likeness (QED) is 0.885. The van der Waals surface area contributed by atoms with Crippen LogP contribution in [0.5, 0.6) is 0 Å². The van der Waals surface area contributed by atoms with Gasteiger partial charge in [0.15, 0.2) is 5.54 Å². The van der Waals surface area contributed by atoms with E-state index in [1.54, 1.807) is 18.7 Å². The maximum atomic E-state index is 12.9. The van der Waals surface area contributed by atoms with Crippen LogP contribution >= 0.6 is 0 Å². The fraction of sp³-hybridized carbons (Fsp3) is 0.643. The number of rotatable bonds is 4. The predicted molar refractivity (Wildman–Crippen MR) is 75.2 cm³/mol. The summed E-state index contributed by atoms with van der Waals surface area (Å²) in [4.78, 5) is 26.0. The van der Waals surface area contributed by atoms with Crippen molar-refractivity contribution in [2.75, 3.05) is 20.3 Å². The van der Waals surface area contributed by atoms with Gasteiger partial charge in [-0.05, 0) is 26.7 Å². The van der Waals surface area contributed by atoms with E-state index in [9.17, 15) is 14.7 Å². The van der Waals surface area contributed by atoms with Crippen LogP contribution in [0.25, 0.3) is 0 Å². The molecular weight excluding hydrogens is 274 g/mol. The summed E-state index contributed by atoms with van der Waals surface area (Å²) in [6.45, 7) is 3.98. The highest BCUT2D eigenvalue weighted by molar-refractivity contribution is 6.00. The number of carboxylic acids is 1. The Labute approximate surface area is 123 Å². The minimum absolute atomic E-state index is 0.00751.